The number of carboxylic acid groups (broad SMARTS) is 1. The van der Waals surface area contributed by atoms with Gasteiger partial charge >= 0.3 is 5.97 Å². The van der Waals surface area contributed by atoms with Gasteiger partial charge < -0.3 is 15.7 Å². The average molecular weight is 326 g/mol. The lowest BCUT2D eigenvalue weighted by Gasteiger charge is -2.29. The maximum atomic E-state index is 12.0. The normalized spacial score (nSPS) is 22.4. The van der Waals surface area contributed by atoms with E-state index in [0.717, 1.165) is 19.3 Å². The van der Waals surface area contributed by atoms with E-state index >= 15 is 0 Å². The Kier molecular flexibility index (Phi) is 8.06. The molecule has 1 saturated carbocycles. The van der Waals surface area contributed by atoms with Crippen LogP contribution in [0.5, 0.6) is 0 Å². The standard InChI is InChI=1S/C17H30N2O4/c1-11(2)10-14(17(22)23)19-16(21)9-8-15(20)18-13-7-5-4-6-12(13)3/h11-14H,4-10H2,1-3H3,(H,18,20)(H,19,21)(H,22,23). The fourth-order valence-electron chi connectivity index (χ4n) is 3.00. The van der Waals surface area contributed by atoms with E-state index in [1.807, 2.05) is 13.8 Å². The lowest BCUT2D eigenvalue weighted by atomic mass is 9.86. The number of carboxylic acids is 1. The van der Waals surface area contributed by atoms with Gasteiger partial charge in [0.25, 0.3) is 0 Å². The summed E-state index contributed by atoms with van der Waals surface area (Å²) in [6.07, 6.45) is 4.97. The Morgan fingerprint density at radius 3 is 2.26 bits per heavy atom. The third-order valence-electron chi connectivity index (χ3n) is 4.38. The summed E-state index contributed by atoms with van der Waals surface area (Å²) in [7, 11) is 0. The summed E-state index contributed by atoms with van der Waals surface area (Å²) in [5.41, 5.74) is 0. The molecule has 3 atom stereocenters. The van der Waals surface area contributed by atoms with Crippen molar-refractivity contribution in [1.29, 1.82) is 0 Å². The van der Waals surface area contributed by atoms with Crippen LogP contribution in [0.4, 0.5) is 0 Å². The molecular weight excluding hydrogens is 296 g/mol. The summed E-state index contributed by atoms with van der Waals surface area (Å²) in [4.78, 5) is 34.9. The second kappa shape index (κ2) is 9.53. The Morgan fingerprint density at radius 1 is 1.09 bits per heavy atom. The first-order valence-electron chi connectivity index (χ1n) is 8.61. The number of rotatable bonds is 8. The quantitative estimate of drug-likeness (QED) is 0.636. The average Bonchev–Trinajstić information content (AvgIpc) is 2.46. The van der Waals surface area contributed by atoms with Crippen LogP contribution in [0.25, 0.3) is 0 Å². The molecule has 132 valence electrons. The molecular formula is C17H30N2O4. The van der Waals surface area contributed by atoms with E-state index in [1.165, 1.54) is 6.42 Å². The Labute approximate surface area is 138 Å². The minimum Gasteiger partial charge on any atom is -0.480 e. The molecule has 0 aromatic rings. The Bertz CT molecular complexity index is 423. The van der Waals surface area contributed by atoms with Crippen molar-refractivity contribution in [1.82, 2.24) is 10.6 Å². The van der Waals surface area contributed by atoms with Gasteiger partial charge in [0.05, 0.1) is 0 Å². The first-order chi connectivity index (χ1) is 10.8. The third-order valence-corrected chi connectivity index (χ3v) is 4.38. The van der Waals surface area contributed by atoms with Crippen molar-refractivity contribution in [3.63, 3.8) is 0 Å². The van der Waals surface area contributed by atoms with Gasteiger partial charge in [-0.3, -0.25) is 9.59 Å². The fourth-order valence-corrected chi connectivity index (χ4v) is 3.00. The monoisotopic (exact) mass is 326 g/mol. The highest BCUT2D eigenvalue weighted by Crippen LogP contribution is 2.23. The molecule has 0 heterocycles. The molecule has 2 amide bonds. The molecule has 0 spiro atoms. The predicted molar refractivity (Wildman–Crippen MR) is 87.8 cm³/mol. The summed E-state index contributed by atoms with van der Waals surface area (Å²) in [6.45, 7) is 5.95. The number of nitrogens with one attached hydrogen (secondary N) is 2. The van der Waals surface area contributed by atoms with E-state index in [1.54, 1.807) is 0 Å². The molecule has 0 aromatic carbocycles. The number of aliphatic carboxylic acids is 1. The zero-order valence-corrected chi connectivity index (χ0v) is 14.4. The zero-order valence-electron chi connectivity index (χ0n) is 14.4. The lowest BCUT2D eigenvalue weighted by molar-refractivity contribution is -0.142. The molecule has 1 fully saturated rings. The highest BCUT2D eigenvalue weighted by Gasteiger charge is 2.24. The molecule has 23 heavy (non-hydrogen) atoms. The van der Waals surface area contributed by atoms with Crippen molar-refractivity contribution in [2.45, 2.75) is 77.8 Å². The van der Waals surface area contributed by atoms with Gasteiger partial charge in [-0.2, -0.15) is 0 Å². The van der Waals surface area contributed by atoms with Gasteiger partial charge in [0.2, 0.25) is 11.8 Å². The van der Waals surface area contributed by atoms with Gasteiger partial charge in [-0.05, 0) is 31.1 Å². The van der Waals surface area contributed by atoms with Gasteiger partial charge in [0, 0.05) is 18.9 Å². The molecule has 0 radical (unpaired) electrons. The van der Waals surface area contributed by atoms with Crippen molar-refractivity contribution in [2.24, 2.45) is 11.8 Å². The molecule has 0 bridgehead atoms. The molecule has 3 unspecified atom stereocenters. The van der Waals surface area contributed by atoms with Crippen molar-refractivity contribution in [2.75, 3.05) is 0 Å². The first-order valence-corrected chi connectivity index (χ1v) is 8.61. The molecule has 6 heteroatoms. The first kappa shape index (κ1) is 19.5. The topological polar surface area (TPSA) is 95.5 Å². The van der Waals surface area contributed by atoms with E-state index in [0.29, 0.717) is 12.3 Å². The van der Waals surface area contributed by atoms with Crippen LogP contribution in [-0.2, 0) is 14.4 Å². The third kappa shape index (κ3) is 7.48. The highest BCUT2D eigenvalue weighted by molar-refractivity contribution is 5.87. The molecule has 0 aromatic heterocycles. The van der Waals surface area contributed by atoms with E-state index < -0.39 is 12.0 Å². The van der Waals surface area contributed by atoms with Crippen molar-refractivity contribution >= 4 is 17.8 Å². The maximum absolute atomic E-state index is 12.0. The largest absolute Gasteiger partial charge is 0.480 e. The smallest absolute Gasteiger partial charge is 0.326 e. The number of carbonyl (C=O) groups excluding carboxylic acids is 2. The predicted octanol–water partition coefficient (Wildman–Crippen LogP) is 2.08. The Morgan fingerprint density at radius 2 is 1.70 bits per heavy atom. The van der Waals surface area contributed by atoms with E-state index in [9.17, 15) is 14.4 Å². The van der Waals surface area contributed by atoms with Gasteiger partial charge in [0.15, 0.2) is 0 Å². The summed E-state index contributed by atoms with van der Waals surface area (Å²) >= 11 is 0. The molecule has 0 saturated heterocycles. The van der Waals surface area contributed by atoms with Crippen LogP contribution in [0.3, 0.4) is 0 Å². The van der Waals surface area contributed by atoms with Gasteiger partial charge in [-0.25, -0.2) is 4.79 Å². The second-order valence-corrected chi connectivity index (χ2v) is 7.02. The van der Waals surface area contributed by atoms with Gasteiger partial charge in [0.1, 0.15) is 6.04 Å². The summed E-state index contributed by atoms with van der Waals surface area (Å²) < 4.78 is 0. The molecule has 6 nitrogen and oxygen atoms in total. The van der Waals surface area contributed by atoms with Gasteiger partial charge in [-0.15, -0.1) is 0 Å². The van der Waals surface area contributed by atoms with Crippen LogP contribution in [-0.4, -0.2) is 35.0 Å². The Hall–Kier alpha value is -1.59. The molecule has 3 N–H and O–H groups in total. The molecule has 1 aliphatic rings. The van der Waals surface area contributed by atoms with Crippen molar-refractivity contribution in [3.8, 4) is 0 Å². The number of amides is 2. The maximum Gasteiger partial charge on any atom is 0.326 e. The minimum absolute atomic E-state index is 0.0226. The summed E-state index contributed by atoms with van der Waals surface area (Å²) in [5.74, 6) is -0.900. The number of hydrogen-bond donors (Lipinski definition) is 3. The van der Waals surface area contributed by atoms with E-state index in [-0.39, 0.29) is 36.6 Å². The highest BCUT2D eigenvalue weighted by atomic mass is 16.4. The number of carbonyl (C=O) groups is 3. The van der Waals surface area contributed by atoms with E-state index in [4.69, 9.17) is 5.11 Å². The fraction of sp³-hybridized carbons (Fsp3) is 0.824. The summed E-state index contributed by atoms with van der Waals surface area (Å²) in [6, 6.07) is -0.684. The lowest BCUT2D eigenvalue weighted by Crippen LogP contribution is -2.43. The summed E-state index contributed by atoms with van der Waals surface area (Å²) in [5, 5.41) is 14.6. The molecule has 1 aliphatic carbocycles. The van der Waals surface area contributed by atoms with Crippen LogP contribution in [0.2, 0.25) is 0 Å². The van der Waals surface area contributed by atoms with Gasteiger partial charge in [-0.1, -0.05) is 33.6 Å². The van der Waals surface area contributed by atoms with Crippen molar-refractivity contribution in [3.05, 3.63) is 0 Å². The van der Waals surface area contributed by atoms with E-state index in [2.05, 4.69) is 17.6 Å². The molecule has 1 rings (SSSR count). The van der Waals surface area contributed by atoms with Crippen LogP contribution in [0.15, 0.2) is 0 Å². The van der Waals surface area contributed by atoms with Crippen LogP contribution in [0, 0.1) is 11.8 Å². The SMILES string of the molecule is CC(C)CC(NC(=O)CCC(=O)NC1CCCCC1C)C(=O)O. The van der Waals surface area contributed by atoms with Crippen molar-refractivity contribution < 1.29 is 19.5 Å². The molecule has 0 aliphatic heterocycles. The van der Waals surface area contributed by atoms with Crippen LogP contribution in [0.1, 0.15) is 65.7 Å². The number of hydrogen-bond acceptors (Lipinski definition) is 3. The zero-order chi connectivity index (χ0) is 17.4. The van der Waals surface area contributed by atoms with Crippen LogP contribution < -0.4 is 10.6 Å². The second-order valence-electron chi connectivity index (χ2n) is 7.02. The minimum atomic E-state index is -1.03. The van der Waals surface area contributed by atoms with Crippen LogP contribution >= 0.6 is 0 Å². The Balaban J connectivity index is 2.33.